The summed E-state index contributed by atoms with van der Waals surface area (Å²) in [7, 11) is 0. The molecule has 2 heterocycles. The van der Waals surface area contributed by atoms with E-state index in [0.717, 1.165) is 49.7 Å². The highest BCUT2D eigenvalue weighted by Crippen LogP contribution is 2.33. The minimum absolute atomic E-state index is 0.177. The van der Waals surface area contributed by atoms with Crippen LogP contribution in [0, 0.1) is 13.8 Å². The molecule has 0 saturated carbocycles. The summed E-state index contributed by atoms with van der Waals surface area (Å²) in [4.78, 5) is 34.5. The first-order valence-electron chi connectivity index (χ1n) is 15.6. The third kappa shape index (κ3) is 7.96. The van der Waals surface area contributed by atoms with Gasteiger partial charge < -0.3 is 11.5 Å². The molecule has 0 unspecified atom stereocenters. The van der Waals surface area contributed by atoms with Gasteiger partial charge in [-0.1, -0.05) is 70.7 Å². The molecule has 0 amide bonds. The summed E-state index contributed by atoms with van der Waals surface area (Å²) in [5.74, 6) is 1.15. The predicted octanol–water partition coefficient (Wildman–Crippen LogP) is 8.26. The van der Waals surface area contributed by atoms with E-state index in [1.165, 1.54) is 9.13 Å². The Bertz CT molecular complexity index is 1920. The minimum atomic E-state index is -0.179. The van der Waals surface area contributed by atoms with Crippen molar-refractivity contribution in [2.45, 2.75) is 77.3 Å². The van der Waals surface area contributed by atoms with Crippen molar-refractivity contribution in [1.82, 2.24) is 19.1 Å². The fraction of sp³-hybridized carbons (Fsp3) is 0.333. The Labute approximate surface area is 300 Å². The Balaban J connectivity index is 0.000000188. The second-order valence-corrected chi connectivity index (χ2v) is 14.6. The van der Waals surface area contributed by atoms with E-state index in [9.17, 15) is 9.59 Å². The number of benzene rings is 2. The molecule has 4 aromatic rings. The largest absolute Gasteiger partial charge is 0.325 e. The Morgan fingerprint density at radius 2 is 1.04 bits per heavy atom. The number of aryl methyl sites for hydroxylation is 2. The van der Waals surface area contributed by atoms with Crippen LogP contribution in [0.3, 0.4) is 0 Å². The van der Waals surface area contributed by atoms with Crippen LogP contribution in [0.1, 0.15) is 75.4 Å². The van der Waals surface area contributed by atoms with Crippen molar-refractivity contribution in [1.29, 1.82) is 0 Å². The predicted molar refractivity (Wildman–Crippen MR) is 198 cm³/mol. The second kappa shape index (κ2) is 14.3. The average Bonchev–Trinajstić information content (AvgIpc) is 3.01. The molecule has 0 saturated heterocycles. The first-order chi connectivity index (χ1) is 22.6. The molecular formula is C36H38Cl4N6O2. The smallest absolute Gasteiger partial charge is 0.258 e. The molecule has 2 atom stereocenters. The lowest BCUT2D eigenvalue weighted by atomic mass is 9.84. The van der Waals surface area contributed by atoms with E-state index >= 15 is 0 Å². The van der Waals surface area contributed by atoms with Crippen molar-refractivity contribution in [3.05, 3.63) is 125 Å². The molecule has 0 bridgehead atoms. The van der Waals surface area contributed by atoms with Crippen molar-refractivity contribution in [3.8, 4) is 11.4 Å². The van der Waals surface area contributed by atoms with Gasteiger partial charge in [-0.15, -0.1) is 0 Å². The zero-order valence-corrected chi connectivity index (χ0v) is 30.3. The summed E-state index contributed by atoms with van der Waals surface area (Å²) in [5.41, 5.74) is 16.2. The van der Waals surface area contributed by atoms with E-state index in [4.69, 9.17) is 57.9 Å². The highest BCUT2D eigenvalue weighted by molar-refractivity contribution is 6.43. The van der Waals surface area contributed by atoms with Crippen LogP contribution in [0.25, 0.3) is 22.5 Å². The summed E-state index contributed by atoms with van der Waals surface area (Å²) in [6.45, 7) is 7.66. The van der Waals surface area contributed by atoms with Crippen LogP contribution >= 0.6 is 46.4 Å². The topological polar surface area (TPSA) is 122 Å². The molecule has 0 aliphatic heterocycles. The first kappa shape index (κ1) is 36.1. The maximum absolute atomic E-state index is 12.7. The molecule has 0 fully saturated rings. The van der Waals surface area contributed by atoms with Crippen LogP contribution in [0.4, 0.5) is 0 Å². The van der Waals surface area contributed by atoms with E-state index in [-0.39, 0.29) is 22.2 Å². The van der Waals surface area contributed by atoms with Crippen molar-refractivity contribution in [3.63, 3.8) is 0 Å². The number of nitrogens with zero attached hydrogens (tertiary/aromatic N) is 4. The quantitative estimate of drug-likeness (QED) is 0.218. The summed E-state index contributed by atoms with van der Waals surface area (Å²) in [6.07, 6.45) is 9.13. The maximum Gasteiger partial charge on any atom is 0.258 e. The van der Waals surface area contributed by atoms with Gasteiger partial charge in [0, 0.05) is 23.2 Å². The number of halogens is 4. The summed E-state index contributed by atoms with van der Waals surface area (Å²) < 4.78 is 2.96. The van der Waals surface area contributed by atoms with Gasteiger partial charge in [0.15, 0.2) is 0 Å². The molecule has 6 rings (SSSR count). The molecule has 2 aliphatic rings. The summed E-state index contributed by atoms with van der Waals surface area (Å²) in [5, 5.41) is 1.49. The number of aromatic nitrogens is 4. The molecule has 2 aromatic carbocycles. The van der Waals surface area contributed by atoms with Gasteiger partial charge in [0.05, 0.1) is 42.9 Å². The zero-order valence-electron chi connectivity index (χ0n) is 27.3. The van der Waals surface area contributed by atoms with E-state index in [1.807, 2.05) is 13.8 Å². The number of nitrogens with two attached hydrogens (primary N) is 2. The van der Waals surface area contributed by atoms with Gasteiger partial charge in [-0.05, 0) is 102 Å². The van der Waals surface area contributed by atoms with Crippen LogP contribution in [-0.4, -0.2) is 30.2 Å². The lowest BCUT2D eigenvalue weighted by Crippen LogP contribution is -2.37. The van der Waals surface area contributed by atoms with Crippen molar-refractivity contribution >= 4 is 57.5 Å². The van der Waals surface area contributed by atoms with E-state index in [1.54, 1.807) is 62.4 Å². The SMILES string of the molecule is Cc1nc(C2=CC[C@@](C)(N)CC2)cc(=O)n1-c1cccc(Cl)c1Cl.Cc1nc(C2=CC[C@@](C)(N)CC2)cc(=O)n1-c1cccc(Cl)c1Cl. The van der Waals surface area contributed by atoms with Crippen molar-refractivity contribution < 1.29 is 0 Å². The number of hydrogen-bond donors (Lipinski definition) is 2. The van der Waals surface area contributed by atoms with Gasteiger partial charge in [0.2, 0.25) is 0 Å². The van der Waals surface area contributed by atoms with Crippen LogP contribution in [0.5, 0.6) is 0 Å². The first-order valence-corrected chi connectivity index (χ1v) is 17.1. The molecule has 252 valence electrons. The zero-order chi connectivity index (χ0) is 35.0. The fourth-order valence-corrected chi connectivity index (χ4v) is 6.63. The van der Waals surface area contributed by atoms with Crippen LogP contribution in [0.2, 0.25) is 20.1 Å². The molecule has 4 N–H and O–H groups in total. The van der Waals surface area contributed by atoms with Gasteiger partial charge >= 0.3 is 0 Å². The third-order valence-electron chi connectivity index (χ3n) is 8.74. The summed E-state index contributed by atoms with van der Waals surface area (Å²) in [6, 6.07) is 13.5. The van der Waals surface area contributed by atoms with E-state index < -0.39 is 0 Å². The monoisotopic (exact) mass is 726 g/mol. The number of hydrogen-bond acceptors (Lipinski definition) is 6. The number of rotatable bonds is 4. The lowest BCUT2D eigenvalue weighted by molar-refractivity contribution is 0.431. The average molecular weight is 729 g/mol. The highest BCUT2D eigenvalue weighted by atomic mass is 35.5. The van der Waals surface area contributed by atoms with Crippen molar-refractivity contribution in [2.24, 2.45) is 11.5 Å². The molecule has 8 nitrogen and oxygen atoms in total. The molecule has 0 radical (unpaired) electrons. The van der Waals surface area contributed by atoms with Crippen LogP contribution < -0.4 is 22.6 Å². The fourth-order valence-electron chi connectivity index (χ4n) is 5.87. The third-order valence-corrected chi connectivity index (χ3v) is 10.4. The van der Waals surface area contributed by atoms with E-state index in [2.05, 4.69) is 22.1 Å². The summed E-state index contributed by atoms with van der Waals surface area (Å²) >= 11 is 24.6. The molecule has 12 heteroatoms. The molecular weight excluding hydrogens is 690 g/mol. The molecule has 2 aromatic heterocycles. The Morgan fingerprint density at radius 3 is 1.35 bits per heavy atom. The second-order valence-electron chi connectivity index (χ2n) is 13.0. The van der Waals surface area contributed by atoms with Gasteiger partial charge in [-0.2, -0.15) is 0 Å². The van der Waals surface area contributed by atoms with Gasteiger partial charge in [0.1, 0.15) is 11.6 Å². The minimum Gasteiger partial charge on any atom is -0.325 e. The van der Waals surface area contributed by atoms with Crippen LogP contribution in [-0.2, 0) is 0 Å². The number of allylic oxidation sites excluding steroid dienone is 2. The lowest BCUT2D eigenvalue weighted by Gasteiger charge is -2.28. The molecule has 2 aliphatic carbocycles. The van der Waals surface area contributed by atoms with Gasteiger partial charge in [0.25, 0.3) is 11.1 Å². The van der Waals surface area contributed by atoms with Crippen molar-refractivity contribution in [2.75, 3.05) is 0 Å². The normalized spacial score (nSPS) is 20.8. The Kier molecular flexibility index (Phi) is 10.8. The van der Waals surface area contributed by atoms with Gasteiger partial charge in [-0.25, -0.2) is 9.97 Å². The molecule has 0 spiro atoms. The standard InChI is InChI=1S/2C18H19Cl2N3O/c2*1-11-22-14(12-6-8-18(2,21)9-7-12)10-16(24)23(11)15-5-3-4-13(19)17(15)20/h2*3-6,10H,7-9,21H2,1-2H3/t2*18-/m11/s1. The van der Waals surface area contributed by atoms with Gasteiger partial charge in [-0.3, -0.25) is 18.7 Å². The van der Waals surface area contributed by atoms with E-state index in [0.29, 0.717) is 54.5 Å². The molecule has 48 heavy (non-hydrogen) atoms. The highest BCUT2D eigenvalue weighted by Gasteiger charge is 2.25. The van der Waals surface area contributed by atoms with Crippen LogP contribution in [0.15, 0.2) is 70.3 Å². The Hall–Kier alpha value is -3.24. The Morgan fingerprint density at radius 1 is 0.667 bits per heavy atom. The maximum atomic E-state index is 12.7.